The Bertz CT molecular complexity index is 581. The largest absolute Gasteiger partial charge is 0.439 e. The van der Waals surface area contributed by atoms with Crippen LogP contribution in [0.4, 0.5) is 8.78 Å². The van der Waals surface area contributed by atoms with Crippen molar-refractivity contribution in [3.63, 3.8) is 0 Å². The molecule has 0 aliphatic heterocycles. The number of oxazole rings is 1. The molecular formula is C11H6F2N2OS. The minimum Gasteiger partial charge on any atom is -0.439 e. The van der Waals surface area contributed by atoms with Crippen molar-refractivity contribution >= 4 is 11.8 Å². The molecule has 0 atom stereocenters. The summed E-state index contributed by atoms with van der Waals surface area (Å²) in [5.41, 5.74) is 0.565. The van der Waals surface area contributed by atoms with Crippen LogP contribution in [0.2, 0.25) is 0 Å². The summed E-state index contributed by atoms with van der Waals surface area (Å²) in [7, 11) is 0. The van der Waals surface area contributed by atoms with Gasteiger partial charge in [-0.25, -0.2) is 13.8 Å². The van der Waals surface area contributed by atoms with E-state index in [1.807, 2.05) is 0 Å². The molecule has 2 rings (SSSR count). The zero-order chi connectivity index (χ0) is 12.4. The highest BCUT2D eigenvalue weighted by Gasteiger charge is 2.15. The van der Waals surface area contributed by atoms with Crippen molar-refractivity contribution < 1.29 is 13.2 Å². The van der Waals surface area contributed by atoms with Crippen LogP contribution in [0.1, 0.15) is 11.3 Å². The standard InChI is InChI=1S/C11H6F2N2OS/c1-6-5-16-11(15-6)17-10-8(12)2-7(4-14)3-9(10)13/h2-3,5H,1H3. The number of aromatic nitrogens is 1. The molecule has 0 saturated heterocycles. The van der Waals surface area contributed by atoms with E-state index in [1.54, 1.807) is 13.0 Å². The van der Waals surface area contributed by atoms with Crippen LogP contribution in [-0.4, -0.2) is 4.98 Å². The lowest BCUT2D eigenvalue weighted by Gasteiger charge is -2.01. The Kier molecular flexibility index (Phi) is 3.11. The van der Waals surface area contributed by atoms with Crippen LogP contribution in [-0.2, 0) is 0 Å². The van der Waals surface area contributed by atoms with Gasteiger partial charge in [0.15, 0.2) is 0 Å². The van der Waals surface area contributed by atoms with Crippen LogP contribution in [0, 0.1) is 29.9 Å². The maximum atomic E-state index is 13.5. The summed E-state index contributed by atoms with van der Waals surface area (Å²) in [5.74, 6) is -1.61. The van der Waals surface area contributed by atoms with Gasteiger partial charge in [-0.3, -0.25) is 0 Å². The molecule has 1 heterocycles. The summed E-state index contributed by atoms with van der Waals surface area (Å²) in [6, 6.07) is 3.62. The molecule has 0 radical (unpaired) electrons. The third-order valence-electron chi connectivity index (χ3n) is 1.91. The fourth-order valence-corrected chi connectivity index (χ4v) is 1.96. The molecule has 0 saturated carbocycles. The van der Waals surface area contributed by atoms with Crippen molar-refractivity contribution in [1.29, 1.82) is 5.26 Å². The maximum absolute atomic E-state index is 13.5. The van der Waals surface area contributed by atoms with E-state index < -0.39 is 11.6 Å². The van der Waals surface area contributed by atoms with Crippen molar-refractivity contribution in [3.8, 4) is 6.07 Å². The number of aryl methyl sites for hydroxylation is 1. The SMILES string of the molecule is Cc1coc(Sc2c(F)cc(C#N)cc2F)n1. The predicted octanol–water partition coefficient (Wildman–Crippen LogP) is 3.28. The molecule has 0 aliphatic carbocycles. The van der Waals surface area contributed by atoms with E-state index in [9.17, 15) is 8.78 Å². The summed E-state index contributed by atoms with van der Waals surface area (Å²) in [5, 5.41) is 8.71. The van der Waals surface area contributed by atoms with Gasteiger partial charge in [-0.2, -0.15) is 5.26 Å². The first kappa shape index (κ1) is 11.6. The number of rotatable bonds is 2. The molecule has 2 aromatic rings. The Hall–Kier alpha value is -1.87. The van der Waals surface area contributed by atoms with Crippen LogP contribution in [0.15, 0.2) is 32.9 Å². The van der Waals surface area contributed by atoms with Gasteiger partial charge in [-0.1, -0.05) is 0 Å². The Balaban J connectivity index is 2.37. The van der Waals surface area contributed by atoms with Crippen molar-refractivity contribution in [2.45, 2.75) is 17.0 Å². The van der Waals surface area contributed by atoms with E-state index in [0.29, 0.717) is 5.69 Å². The van der Waals surface area contributed by atoms with Gasteiger partial charge in [-0.05, 0) is 30.8 Å². The average Bonchev–Trinajstić information content (AvgIpc) is 2.69. The van der Waals surface area contributed by atoms with Crippen molar-refractivity contribution in [2.75, 3.05) is 0 Å². The third-order valence-corrected chi connectivity index (χ3v) is 2.87. The molecule has 0 unspecified atom stereocenters. The molecule has 3 nitrogen and oxygen atoms in total. The molecule has 0 spiro atoms. The number of benzene rings is 1. The van der Waals surface area contributed by atoms with Crippen LogP contribution in [0.3, 0.4) is 0 Å². The van der Waals surface area contributed by atoms with E-state index in [4.69, 9.17) is 9.68 Å². The number of nitrogens with zero attached hydrogens (tertiary/aromatic N) is 2. The minimum atomic E-state index is -0.803. The van der Waals surface area contributed by atoms with E-state index in [1.165, 1.54) is 6.26 Å². The highest BCUT2D eigenvalue weighted by atomic mass is 32.2. The number of hydrogen-bond acceptors (Lipinski definition) is 4. The molecule has 0 N–H and O–H groups in total. The van der Waals surface area contributed by atoms with Gasteiger partial charge in [0.05, 0.1) is 22.2 Å². The van der Waals surface area contributed by atoms with Crippen molar-refractivity contribution in [3.05, 3.63) is 41.3 Å². The smallest absolute Gasteiger partial charge is 0.260 e. The van der Waals surface area contributed by atoms with Gasteiger partial charge >= 0.3 is 0 Å². The van der Waals surface area contributed by atoms with Gasteiger partial charge in [0.2, 0.25) is 0 Å². The van der Waals surface area contributed by atoms with Gasteiger partial charge in [0.25, 0.3) is 5.22 Å². The van der Waals surface area contributed by atoms with Crippen molar-refractivity contribution in [2.24, 2.45) is 0 Å². The topological polar surface area (TPSA) is 49.8 Å². The Morgan fingerprint density at radius 2 is 2.00 bits per heavy atom. The summed E-state index contributed by atoms with van der Waals surface area (Å²) in [6.45, 7) is 1.71. The quantitative estimate of drug-likeness (QED) is 0.823. The molecule has 0 aliphatic rings. The van der Waals surface area contributed by atoms with E-state index in [-0.39, 0.29) is 15.7 Å². The number of hydrogen-bond donors (Lipinski definition) is 0. The molecule has 86 valence electrons. The fraction of sp³-hybridized carbons (Fsp3) is 0.0909. The summed E-state index contributed by atoms with van der Waals surface area (Å²) in [6.07, 6.45) is 1.39. The Morgan fingerprint density at radius 1 is 1.35 bits per heavy atom. The number of halogens is 2. The molecule has 17 heavy (non-hydrogen) atoms. The van der Waals surface area contributed by atoms with Crippen LogP contribution >= 0.6 is 11.8 Å². The normalized spacial score (nSPS) is 10.2. The molecule has 0 amide bonds. The highest BCUT2D eigenvalue weighted by molar-refractivity contribution is 7.99. The van der Waals surface area contributed by atoms with E-state index >= 15 is 0 Å². The van der Waals surface area contributed by atoms with E-state index in [0.717, 1.165) is 23.9 Å². The lowest BCUT2D eigenvalue weighted by molar-refractivity contribution is 0.451. The second kappa shape index (κ2) is 4.55. The van der Waals surface area contributed by atoms with E-state index in [2.05, 4.69) is 4.98 Å². The molecule has 1 aromatic carbocycles. The first-order valence-corrected chi connectivity index (χ1v) is 5.41. The maximum Gasteiger partial charge on any atom is 0.260 e. The Labute approximate surface area is 100 Å². The number of nitriles is 1. The minimum absolute atomic E-state index is 0.0621. The highest BCUT2D eigenvalue weighted by Crippen LogP contribution is 2.32. The zero-order valence-electron chi connectivity index (χ0n) is 8.70. The summed E-state index contributed by atoms with van der Waals surface area (Å²) < 4.78 is 32.0. The van der Waals surface area contributed by atoms with Gasteiger partial charge in [-0.15, -0.1) is 0 Å². The predicted molar refractivity (Wildman–Crippen MR) is 56.4 cm³/mol. The second-order valence-corrected chi connectivity index (χ2v) is 4.20. The van der Waals surface area contributed by atoms with Crippen molar-refractivity contribution in [1.82, 2.24) is 4.98 Å². The third kappa shape index (κ3) is 2.45. The van der Waals surface area contributed by atoms with Gasteiger partial charge < -0.3 is 4.42 Å². The summed E-state index contributed by atoms with van der Waals surface area (Å²) in [4.78, 5) is 3.70. The van der Waals surface area contributed by atoms with Crippen LogP contribution < -0.4 is 0 Å². The molecule has 0 fully saturated rings. The monoisotopic (exact) mass is 252 g/mol. The second-order valence-electron chi connectivity index (χ2n) is 3.24. The molecule has 1 aromatic heterocycles. The lowest BCUT2D eigenvalue weighted by atomic mass is 10.2. The Morgan fingerprint density at radius 3 is 2.47 bits per heavy atom. The molecule has 6 heteroatoms. The fourth-order valence-electron chi connectivity index (χ4n) is 1.19. The molecule has 0 bridgehead atoms. The van der Waals surface area contributed by atoms with Gasteiger partial charge in [0.1, 0.15) is 17.9 Å². The van der Waals surface area contributed by atoms with Crippen LogP contribution in [0.25, 0.3) is 0 Å². The first-order chi connectivity index (χ1) is 8.10. The summed E-state index contributed by atoms with van der Waals surface area (Å²) >= 11 is 0.744. The molecular weight excluding hydrogens is 246 g/mol. The lowest BCUT2D eigenvalue weighted by Crippen LogP contribution is -1.90. The average molecular weight is 252 g/mol. The first-order valence-electron chi connectivity index (χ1n) is 4.59. The zero-order valence-corrected chi connectivity index (χ0v) is 9.52. The van der Waals surface area contributed by atoms with Gasteiger partial charge in [0, 0.05) is 0 Å². The van der Waals surface area contributed by atoms with Crippen LogP contribution in [0.5, 0.6) is 0 Å².